The van der Waals surface area contributed by atoms with Gasteiger partial charge in [-0.2, -0.15) is 0 Å². The van der Waals surface area contributed by atoms with Crippen molar-refractivity contribution in [3.8, 4) is 0 Å². The SMILES string of the molecule is Cc1cc(CCl)ccc1N(C)CC1CCN(C)C1. The van der Waals surface area contributed by atoms with Crippen LogP contribution in [0.25, 0.3) is 0 Å². The molecule has 1 atom stereocenters. The number of nitrogens with zero attached hydrogens (tertiary/aromatic N) is 2. The van der Waals surface area contributed by atoms with Crippen molar-refractivity contribution in [2.24, 2.45) is 5.92 Å². The largest absolute Gasteiger partial charge is 0.374 e. The van der Waals surface area contributed by atoms with Crippen LogP contribution in [0.3, 0.4) is 0 Å². The highest BCUT2D eigenvalue weighted by molar-refractivity contribution is 6.17. The highest BCUT2D eigenvalue weighted by Crippen LogP contribution is 2.24. The van der Waals surface area contributed by atoms with Gasteiger partial charge < -0.3 is 9.80 Å². The molecule has 0 aromatic heterocycles. The van der Waals surface area contributed by atoms with E-state index in [1.807, 2.05) is 0 Å². The van der Waals surface area contributed by atoms with E-state index < -0.39 is 0 Å². The Bertz CT molecular complexity index is 405. The minimum absolute atomic E-state index is 0.595. The molecule has 0 saturated carbocycles. The molecule has 1 saturated heterocycles. The lowest BCUT2D eigenvalue weighted by Gasteiger charge is -2.25. The normalized spacial score (nSPS) is 20.3. The van der Waals surface area contributed by atoms with Crippen LogP contribution >= 0.6 is 11.6 Å². The van der Waals surface area contributed by atoms with E-state index in [1.54, 1.807) is 0 Å². The van der Waals surface area contributed by atoms with Gasteiger partial charge in [-0.1, -0.05) is 12.1 Å². The van der Waals surface area contributed by atoms with Crippen LogP contribution < -0.4 is 4.90 Å². The molecule has 2 nitrogen and oxygen atoms in total. The number of anilines is 1. The van der Waals surface area contributed by atoms with Crippen molar-refractivity contribution in [2.75, 3.05) is 38.6 Å². The van der Waals surface area contributed by atoms with Crippen LogP contribution in [-0.2, 0) is 5.88 Å². The molecule has 2 rings (SSSR count). The van der Waals surface area contributed by atoms with Crippen molar-refractivity contribution in [1.82, 2.24) is 4.90 Å². The summed E-state index contributed by atoms with van der Waals surface area (Å²) in [6.07, 6.45) is 1.32. The van der Waals surface area contributed by atoms with Crippen molar-refractivity contribution < 1.29 is 0 Å². The van der Waals surface area contributed by atoms with Crippen molar-refractivity contribution in [2.45, 2.75) is 19.2 Å². The molecule has 0 radical (unpaired) electrons. The minimum Gasteiger partial charge on any atom is -0.374 e. The Balaban J connectivity index is 2.02. The molecule has 1 aliphatic rings. The zero-order valence-corrected chi connectivity index (χ0v) is 12.4. The topological polar surface area (TPSA) is 6.48 Å². The summed E-state index contributed by atoms with van der Waals surface area (Å²) < 4.78 is 0. The van der Waals surface area contributed by atoms with Gasteiger partial charge in [-0.15, -0.1) is 11.6 Å². The molecule has 1 aliphatic heterocycles. The molecule has 0 amide bonds. The van der Waals surface area contributed by atoms with Gasteiger partial charge in [0.15, 0.2) is 0 Å². The highest BCUT2D eigenvalue weighted by Gasteiger charge is 2.21. The zero-order valence-electron chi connectivity index (χ0n) is 11.6. The molecule has 1 unspecified atom stereocenters. The van der Waals surface area contributed by atoms with Crippen molar-refractivity contribution in [3.63, 3.8) is 0 Å². The van der Waals surface area contributed by atoms with Crippen LogP contribution in [0.15, 0.2) is 18.2 Å². The number of halogens is 1. The summed E-state index contributed by atoms with van der Waals surface area (Å²) in [6, 6.07) is 6.53. The first-order valence-corrected chi connectivity index (χ1v) is 7.18. The molecule has 1 aromatic carbocycles. The summed E-state index contributed by atoms with van der Waals surface area (Å²) in [5.41, 5.74) is 3.85. The average Bonchev–Trinajstić information content (AvgIpc) is 2.74. The second kappa shape index (κ2) is 5.94. The molecule has 1 aromatic rings. The first-order valence-electron chi connectivity index (χ1n) is 6.65. The zero-order chi connectivity index (χ0) is 13.1. The van der Waals surface area contributed by atoms with Gasteiger partial charge in [-0.3, -0.25) is 0 Å². The molecule has 0 spiro atoms. The van der Waals surface area contributed by atoms with Crippen molar-refractivity contribution >= 4 is 17.3 Å². The quantitative estimate of drug-likeness (QED) is 0.773. The summed E-state index contributed by atoms with van der Waals surface area (Å²) >= 11 is 5.87. The van der Waals surface area contributed by atoms with Crippen LogP contribution in [0.4, 0.5) is 5.69 Å². The maximum absolute atomic E-state index is 5.87. The van der Waals surface area contributed by atoms with Crippen LogP contribution in [0, 0.1) is 12.8 Å². The summed E-state index contributed by atoms with van der Waals surface area (Å²) in [6.45, 7) is 5.78. The van der Waals surface area contributed by atoms with Crippen molar-refractivity contribution in [3.05, 3.63) is 29.3 Å². The van der Waals surface area contributed by atoms with Crippen LogP contribution in [0.1, 0.15) is 17.5 Å². The minimum atomic E-state index is 0.595. The summed E-state index contributed by atoms with van der Waals surface area (Å²) in [5, 5.41) is 0. The lowest BCUT2D eigenvalue weighted by atomic mass is 10.1. The van der Waals surface area contributed by atoms with Gasteiger partial charge in [0.1, 0.15) is 0 Å². The molecule has 18 heavy (non-hydrogen) atoms. The van der Waals surface area contributed by atoms with Crippen molar-refractivity contribution in [1.29, 1.82) is 0 Å². The molecule has 0 N–H and O–H groups in total. The lowest BCUT2D eigenvalue weighted by molar-refractivity contribution is 0.396. The second-order valence-corrected chi connectivity index (χ2v) is 5.82. The second-order valence-electron chi connectivity index (χ2n) is 5.55. The first-order chi connectivity index (χ1) is 8.60. The maximum Gasteiger partial charge on any atom is 0.0474 e. The van der Waals surface area contributed by atoms with Gasteiger partial charge in [0.2, 0.25) is 0 Å². The Hall–Kier alpha value is -0.730. The molecule has 1 fully saturated rings. The van der Waals surface area contributed by atoms with E-state index in [2.05, 4.69) is 49.0 Å². The number of hydrogen-bond acceptors (Lipinski definition) is 2. The smallest absolute Gasteiger partial charge is 0.0474 e. The van der Waals surface area contributed by atoms with E-state index in [4.69, 9.17) is 11.6 Å². The van der Waals surface area contributed by atoms with Gasteiger partial charge in [0.05, 0.1) is 0 Å². The molecule has 0 bridgehead atoms. The van der Waals surface area contributed by atoms with Gasteiger partial charge in [0.25, 0.3) is 0 Å². The Kier molecular flexibility index (Phi) is 4.52. The number of likely N-dealkylation sites (tertiary alicyclic amines) is 1. The predicted octanol–water partition coefficient (Wildman–Crippen LogP) is 3.12. The standard InChI is InChI=1S/C15H23ClN2/c1-12-8-13(9-16)4-5-15(12)18(3)11-14-6-7-17(2)10-14/h4-5,8,14H,6-7,9-11H2,1-3H3. The van der Waals surface area contributed by atoms with Crippen LogP contribution in [0.5, 0.6) is 0 Å². The fourth-order valence-corrected chi connectivity index (χ4v) is 3.06. The fraction of sp³-hybridized carbons (Fsp3) is 0.600. The van der Waals surface area contributed by atoms with E-state index in [1.165, 1.54) is 36.3 Å². The summed E-state index contributed by atoms with van der Waals surface area (Å²) in [5.74, 6) is 1.39. The monoisotopic (exact) mass is 266 g/mol. The fourth-order valence-electron chi connectivity index (χ4n) is 2.89. The van der Waals surface area contributed by atoms with E-state index in [0.717, 1.165) is 12.5 Å². The molecular weight excluding hydrogens is 244 g/mol. The number of hydrogen-bond donors (Lipinski definition) is 0. The van der Waals surface area contributed by atoms with Gasteiger partial charge in [-0.05, 0) is 50.0 Å². The Morgan fingerprint density at radius 3 is 2.78 bits per heavy atom. The molecule has 0 aliphatic carbocycles. The Morgan fingerprint density at radius 1 is 1.44 bits per heavy atom. The molecular formula is C15H23ClN2. The number of aryl methyl sites for hydroxylation is 1. The number of rotatable bonds is 4. The Labute approximate surface area is 116 Å². The maximum atomic E-state index is 5.87. The predicted molar refractivity (Wildman–Crippen MR) is 79.6 cm³/mol. The number of alkyl halides is 1. The van der Waals surface area contributed by atoms with E-state index in [0.29, 0.717) is 5.88 Å². The summed E-state index contributed by atoms with van der Waals surface area (Å²) in [7, 11) is 4.40. The molecule has 3 heteroatoms. The van der Waals surface area contributed by atoms with Gasteiger partial charge >= 0.3 is 0 Å². The number of benzene rings is 1. The lowest BCUT2D eigenvalue weighted by Crippen LogP contribution is -2.27. The summed E-state index contributed by atoms with van der Waals surface area (Å²) in [4.78, 5) is 4.80. The third-order valence-electron chi connectivity index (χ3n) is 3.85. The van der Waals surface area contributed by atoms with Crippen LogP contribution in [-0.4, -0.2) is 38.6 Å². The van der Waals surface area contributed by atoms with E-state index in [9.17, 15) is 0 Å². The first kappa shape index (κ1) is 13.7. The third kappa shape index (κ3) is 3.18. The molecule has 1 heterocycles. The highest BCUT2D eigenvalue weighted by atomic mass is 35.5. The van der Waals surface area contributed by atoms with Gasteiger partial charge in [-0.25, -0.2) is 0 Å². The van der Waals surface area contributed by atoms with Gasteiger partial charge in [0, 0.05) is 31.7 Å². The molecule has 100 valence electrons. The van der Waals surface area contributed by atoms with E-state index >= 15 is 0 Å². The average molecular weight is 267 g/mol. The van der Waals surface area contributed by atoms with E-state index in [-0.39, 0.29) is 0 Å². The Morgan fingerprint density at radius 2 is 2.22 bits per heavy atom. The van der Waals surface area contributed by atoms with Crippen LogP contribution in [0.2, 0.25) is 0 Å². The third-order valence-corrected chi connectivity index (χ3v) is 4.16.